The molecule has 0 aromatic heterocycles. The van der Waals surface area contributed by atoms with Gasteiger partial charge in [0.15, 0.2) is 0 Å². The van der Waals surface area contributed by atoms with E-state index in [-0.39, 0.29) is 0 Å². The summed E-state index contributed by atoms with van der Waals surface area (Å²) < 4.78 is 5.00. The summed E-state index contributed by atoms with van der Waals surface area (Å²) in [7, 11) is 1.50. The number of methoxy groups -OCH3 is 1. The largest absolute Gasteiger partial charge is 0.495 e. The average Bonchev–Trinajstić information content (AvgIpc) is 3.09. The molecule has 1 atom stereocenters. The Bertz CT molecular complexity index is 454. The highest BCUT2D eigenvalue weighted by Crippen LogP contribution is 2.55. The average molecular weight is 257 g/mol. The minimum atomic E-state index is -1.03. The Balaban J connectivity index is 2.29. The van der Waals surface area contributed by atoms with Crippen LogP contribution in [0.25, 0.3) is 0 Å². The normalized spacial score (nSPS) is 18.5. The number of hydrogen-bond donors (Lipinski definition) is 2. The van der Waals surface area contributed by atoms with Crippen LogP contribution < -0.4 is 4.74 Å². The van der Waals surface area contributed by atoms with Crippen LogP contribution in [0.4, 0.5) is 0 Å². The van der Waals surface area contributed by atoms with Crippen molar-refractivity contribution in [2.45, 2.75) is 18.9 Å². The van der Waals surface area contributed by atoms with Crippen LogP contribution >= 0.6 is 11.6 Å². The first-order valence-electron chi connectivity index (χ1n) is 5.26. The van der Waals surface area contributed by atoms with Crippen molar-refractivity contribution < 1.29 is 19.7 Å². The maximum absolute atomic E-state index is 11.1. The van der Waals surface area contributed by atoms with E-state index in [1.54, 1.807) is 18.2 Å². The standard InChI is InChI=1S/C12H13ClO4/c1-17-9-3-2-7(6-8(9)13)10(14)12(4-5-12)11(15)16/h2-3,6,10,14H,4-5H2,1H3,(H,15,16). The van der Waals surface area contributed by atoms with Crippen molar-refractivity contribution in [2.24, 2.45) is 5.41 Å². The molecule has 2 N–H and O–H groups in total. The fourth-order valence-corrected chi connectivity index (χ4v) is 2.18. The molecule has 1 aromatic carbocycles. The van der Waals surface area contributed by atoms with Gasteiger partial charge < -0.3 is 14.9 Å². The summed E-state index contributed by atoms with van der Waals surface area (Å²) in [5, 5.41) is 19.5. The Labute approximate surface area is 104 Å². The third kappa shape index (κ3) is 1.98. The number of halogens is 1. The second-order valence-corrected chi connectivity index (χ2v) is 4.67. The van der Waals surface area contributed by atoms with Crippen molar-refractivity contribution in [3.05, 3.63) is 28.8 Å². The van der Waals surface area contributed by atoms with E-state index in [0.29, 0.717) is 29.2 Å². The third-order valence-electron chi connectivity index (χ3n) is 3.23. The number of benzene rings is 1. The van der Waals surface area contributed by atoms with Gasteiger partial charge in [-0.2, -0.15) is 0 Å². The Kier molecular flexibility index (Phi) is 3.02. The zero-order valence-electron chi connectivity index (χ0n) is 9.31. The van der Waals surface area contributed by atoms with Gasteiger partial charge in [-0.1, -0.05) is 17.7 Å². The van der Waals surface area contributed by atoms with Crippen LogP contribution in [0.2, 0.25) is 5.02 Å². The zero-order valence-corrected chi connectivity index (χ0v) is 10.1. The molecule has 92 valence electrons. The molecule has 0 bridgehead atoms. The van der Waals surface area contributed by atoms with Crippen molar-refractivity contribution in [1.29, 1.82) is 0 Å². The van der Waals surface area contributed by atoms with Gasteiger partial charge in [-0.3, -0.25) is 4.79 Å². The molecule has 1 aromatic rings. The summed E-state index contributed by atoms with van der Waals surface area (Å²) in [6.45, 7) is 0. The third-order valence-corrected chi connectivity index (χ3v) is 3.52. The number of hydrogen-bond acceptors (Lipinski definition) is 3. The monoisotopic (exact) mass is 256 g/mol. The number of rotatable bonds is 4. The number of aliphatic carboxylic acids is 1. The molecule has 0 radical (unpaired) electrons. The predicted octanol–water partition coefficient (Wildman–Crippen LogP) is 2.25. The van der Waals surface area contributed by atoms with E-state index in [0.717, 1.165) is 0 Å². The predicted molar refractivity (Wildman–Crippen MR) is 62.3 cm³/mol. The Morgan fingerprint density at radius 2 is 2.18 bits per heavy atom. The highest BCUT2D eigenvalue weighted by atomic mass is 35.5. The van der Waals surface area contributed by atoms with Gasteiger partial charge in [-0.25, -0.2) is 0 Å². The summed E-state index contributed by atoms with van der Waals surface area (Å²) in [4.78, 5) is 11.1. The van der Waals surface area contributed by atoms with Crippen LogP contribution in [0.1, 0.15) is 24.5 Å². The molecule has 4 nitrogen and oxygen atoms in total. The van der Waals surface area contributed by atoms with Crippen LogP contribution in [0.15, 0.2) is 18.2 Å². The van der Waals surface area contributed by atoms with Gasteiger partial charge in [0.2, 0.25) is 0 Å². The Hall–Kier alpha value is -1.26. The summed E-state index contributed by atoms with van der Waals surface area (Å²) in [6.07, 6.45) is -0.0382. The molecule has 1 saturated carbocycles. The van der Waals surface area contributed by atoms with Crippen LogP contribution in [-0.4, -0.2) is 23.3 Å². The van der Waals surface area contributed by atoms with Crippen molar-refractivity contribution in [2.75, 3.05) is 7.11 Å². The van der Waals surface area contributed by atoms with E-state index in [1.807, 2.05) is 0 Å². The van der Waals surface area contributed by atoms with Gasteiger partial charge in [0.05, 0.1) is 23.7 Å². The molecule has 0 amide bonds. The number of carbonyl (C=O) groups is 1. The quantitative estimate of drug-likeness (QED) is 0.867. The van der Waals surface area contributed by atoms with Gasteiger partial charge in [0, 0.05) is 0 Å². The van der Waals surface area contributed by atoms with E-state index in [4.69, 9.17) is 21.4 Å². The molecule has 0 aliphatic heterocycles. The molecule has 1 unspecified atom stereocenters. The molecule has 5 heteroatoms. The maximum Gasteiger partial charge on any atom is 0.312 e. The Morgan fingerprint density at radius 3 is 2.59 bits per heavy atom. The lowest BCUT2D eigenvalue weighted by molar-refractivity contribution is -0.148. The van der Waals surface area contributed by atoms with Gasteiger partial charge in [0.25, 0.3) is 0 Å². The number of aliphatic hydroxyl groups excluding tert-OH is 1. The lowest BCUT2D eigenvalue weighted by Crippen LogP contribution is -2.23. The molecule has 1 aliphatic rings. The molecule has 0 heterocycles. The van der Waals surface area contributed by atoms with Crippen molar-refractivity contribution >= 4 is 17.6 Å². The first-order valence-corrected chi connectivity index (χ1v) is 5.64. The minimum absolute atomic E-state index is 0.366. The molecular formula is C12H13ClO4. The highest BCUT2D eigenvalue weighted by Gasteiger charge is 2.56. The van der Waals surface area contributed by atoms with Crippen LogP contribution in [-0.2, 0) is 4.79 Å². The topological polar surface area (TPSA) is 66.8 Å². The summed E-state index contributed by atoms with van der Waals surface area (Å²) in [6, 6.07) is 4.81. The zero-order chi connectivity index (χ0) is 12.6. The molecule has 1 aliphatic carbocycles. The number of ether oxygens (including phenoxy) is 1. The fraction of sp³-hybridized carbons (Fsp3) is 0.417. The fourth-order valence-electron chi connectivity index (χ4n) is 1.91. The first kappa shape index (κ1) is 12.2. The first-order chi connectivity index (χ1) is 8.01. The number of aliphatic hydroxyl groups is 1. The molecule has 17 heavy (non-hydrogen) atoms. The Morgan fingerprint density at radius 1 is 1.53 bits per heavy atom. The number of carboxylic acids is 1. The van der Waals surface area contributed by atoms with Gasteiger partial charge >= 0.3 is 5.97 Å². The molecular weight excluding hydrogens is 244 g/mol. The molecule has 0 spiro atoms. The van der Waals surface area contributed by atoms with Crippen LogP contribution in [0.3, 0.4) is 0 Å². The minimum Gasteiger partial charge on any atom is -0.495 e. The second kappa shape index (κ2) is 4.20. The molecule has 1 fully saturated rings. The van der Waals surface area contributed by atoms with Crippen LogP contribution in [0.5, 0.6) is 5.75 Å². The summed E-state index contributed by atoms with van der Waals surface area (Å²) >= 11 is 5.94. The van der Waals surface area contributed by atoms with Crippen molar-refractivity contribution in [3.63, 3.8) is 0 Å². The SMILES string of the molecule is COc1ccc(C(O)C2(C(=O)O)CC2)cc1Cl. The van der Waals surface area contributed by atoms with E-state index in [9.17, 15) is 9.90 Å². The van der Waals surface area contributed by atoms with E-state index < -0.39 is 17.5 Å². The van der Waals surface area contributed by atoms with Crippen molar-refractivity contribution in [3.8, 4) is 5.75 Å². The smallest absolute Gasteiger partial charge is 0.312 e. The second-order valence-electron chi connectivity index (χ2n) is 4.26. The van der Waals surface area contributed by atoms with Gasteiger partial charge in [0.1, 0.15) is 5.75 Å². The van der Waals surface area contributed by atoms with Crippen LogP contribution in [0, 0.1) is 5.41 Å². The summed E-state index contributed by atoms with van der Waals surface area (Å²) in [5.74, 6) is -0.459. The van der Waals surface area contributed by atoms with Gasteiger partial charge in [-0.15, -0.1) is 0 Å². The van der Waals surface area contributed by atoms with E-state index in [2.05, 4.69) is 0 Å². The molecule has 0 saturated heterocycles. The van der Waals surface area contributed by atoms with Gasteiger partial charge in [-0.05, 0) is 30.5 Å². The molecule has 2 rings (SSSR count). The lowest BCUT2D eigenvalue weighted by Gasteiger charge is -2.19. The maximum atomic E-state index is 11.1. The lowest BCUT2D eigenvalue weighted by atomic mass is 9.93. The van der Waals surface area contributed by atoms with E-state index in [1.165, 1.54) is 7.11 Å². The van der Waals surface area contributed by atoms with E-state index >= 15 is 0 Å². The number of carboxylic acid groups (broad SMARTS) is 1. The summed E-state index contributed by atoms with van der Waals surface area (Å²) in [5.41, 5.74) is -0.520. The van der Waals surface area contributed by atoms with Crippen molar-refractivity contribution in [1.82, 2.24) is 0 Å². The highest BCUT2D eigenvalue weighted by molar-refractivity contribution is 6.32.